The highest BCUT2D eigenvalue weighted by Gasteiger charge is 2.16. The van der Waals surface area contributed by atoms with Gasteiger partial charge in [0.1, 0.15) is 0 Å². The van der Waals surface area contributed by atoms with Crippen molar-refractivity contribution < 1.29 is 4.48 Å². The third-order valence-corrected chi connectivity index (χ3v) is 2.68. The number of quaternary nitrogens is 1. The minimum atomic E-state index is 0. The summed E-state index contributed by atoms with van der Waals surface area (Å²) >= 11 is 0. The first-order valence-corrected chi connectivity index (χ1v) is 4.09. The Labute approximate surface area is 84.2 Å². The van der Waals surface area contributed by atoms with Crippen LogP contribution in [0.15, 0.2) is 0 Å². The summed E-state index contributed by atoms with van der Waals surface area (Å²) in [5.74, 6) is 0. The first-order valence-electron chi connectivity index (χ1n) is 4.09. The van der Waals surface area contributed by atoms with Gasteiger partial charge in [0.15, 0.2) is 0 Å². The van der Waals surface area contributed by atoms with E-state index in [0.717, 1.165) is 0 Å². The van der Waals surface area contributed by atoms with Crippen LogP contribution in [-0.2, 0) is 0 Å². The summed E-state index contributed by atoms with van der Waals surface area (Å²) < 4.78 is 1.28. The van der Waals surface area contributed by atoms with Gasteiger partial charge in [-0.2, -0.15) is 0 Å². The van der Waals surface area contributed by atoms with Gasteiger partial charge in [-0.15, -0.1) is 0 Å². The molecule has 0 fully saturated rings. The van der Waals surface area contributed by atoms with Crippen molar-refractivity contribution in [3.8, 4) is 0 Å². The molecule has 0 rings (SSSR count). The Morgan fingerprint density at radius 1 is 0.583 bits per heavy atom. The SMILES string of the molecule is CC[N+](CC)(CC)CC.[B-].[B-].[B-]. The molecule has 0 N–H and O–H groups in total. The molecule has 12 heavy (non-hydrogen) atoms. The zero-order valence-corrected chi connectivity index (χ0v) is 9.01. The molecule has 0 aliphatic rings. The minimum Gasteiger partial charge on any atom is -1.00 e. The third kappa shape index (κ3) is 5.76. The summed E-state index contributed by atoms with van der Waals surface area (Å²) in [6, 6.07) is 0. The molecule has 0 atom stereocenters. The number of hydrogen-bond acceptors (Lipinski definition) is 0. The van der Waals surface area contributed by atoms with Crippen molar-refractivity contribution in [1.82, 2.24) is 0 Å². The number of nitrogens with zero attached hydrogens (tertiary/aromatic N) is 1. The predicted molar refractivity (Wildman–Crippen MR) is 59.7 cm³/mol. The van der Waals surface area contributed by atoms with Gasteiger partial charge in [-0.25, -0.2) is 0 Å². The summed E-state index contributed by atoms with van der Waals surface area (Å²) in [6.07, 6.45) is 0. The molecule has 0 saturated carbocycles. The molecule has 1 nitrogen and oxygen atoms in total. The molecule has 0 unspecified atom stereocenters. The summed E-state index contributed by atoms with van der Waals surface area (Å²) in [6.45, 7) is 14.2. The highest BCUT2D eigenvalue weighted by molar-refractivity contribution is 5.76. The van der Waals surface area contributed by atoms with Crippen LogP contribution in [-0.4, -0.2) is 55.9 Å². The molecule has 12 radical (unpaired) electrons. The lowest BCUT2D eigenvalue weighted by Gasteiger charge is -2.34. The minimum absolute atomic E-state index is 0. The van der Waals surface area contributed by atoms with Crippen LogP contribution in [0, 0.1) is 0 Å². The van der Waals surface area contributed by atoms with Crippen LogP contribution in [0.4, 0.5) is 0 Å². The van der Waals surface area contributed by atoms with Crippen LogP contribution in [0.1, 0.15) is 27.7 Å². The Kier molecular flexibility index (Phi) is 21.1. The Morgan fingerprint density at radius 3 is 0.750 bits per heavy atom. The van der Waals surface area contributed by atoms with E-state index >= 15 is 0 Å². The summed E-state index contributed by atoms with van der Waals surface area (Å²) in [5.41, 5.74) is 0. The van der Waals surface area contributed by atoms with Crippen molar-refractivity contribution in [2.75, 3.05) is 26.2 Å². The molecule has 0 saturated heterocycles. The molecular formula is C8H20B3N-2. The Hall–Kier alpha value is 0.155. The zero-order valence-electron chi connectivity index (χ0n) is 9.01. The van der Waals surface area contributed by atoms with Crippen LogP contribution in [0.2, 0.25) is 0 Å². The fourth-order valence-electron chi connectivity index (χ4n) is 1.34. The van der Waals surface area contributed by atoms with Crippen molar-refractivity contribution in [3.63, 3.8) is 0 Å². The maximum atomic E-state index is 2.27. The largest absolute Gasteiger partial charge is 1.00 e. The van der Waals surface area contributed by atoms with Gasteiger partial charge in [-0.3, -0.25) is 0 Å². The van der Waals surface area contributed by atoms with Crippen LogP contribution >= 0.6 is 0 Å². The summed E-state index contributed by atoms with van der Waals surface area (Å²) in [7, 11) is 0. The monoisotopic (exact) mass is 163 g/mol. The molecule has 4 heteroatoms. The first kappa shape index (κ1) is 22.7. The van der Waals surface area contributed by atoms with Gasteiger partial charge in [-0.05, 0) is 27.7 Å². The quantitative estimate of drug-likeness (QED) is 0.423. The smallest absolute Gasteiger partial charge is 0.0757 e. The molecule has 0 aromatic rings. The Balaban J connectivity index is -0.000000107. The van der Waals surface area contributed by atoms with Gasteiger partial charge >= 0.3 is 0 Å². The van der Waals surface area contributed by atoms with E-state index in [0.29, 0.717) is 0 Å². The lowest BCUT2D eigenvalue weighted by molar-refractivity contribution is -0.921. The zero-order chi connectivity index (χ0) is 7.33. The van der Waals surface area contributed by atoms with Crippen LogP contribution < -0.4 is 0 Å². The van der Waals surface area contributed by atoms with E-state index in [4.69, 9.17) is 0 Å². The van der Waals surface area contributed by atoms with Gasteiger partial charge < -0.3 is 29.7 Å². The van der Waals surface area contributed by atoms with Crippen molar-refractivity contribution in [1.29, 1.82) is 0 Å². The Morgan fingerprint density at radius 2 is 0.750 bits per heavy atom. The van der Waals surface area contributed by atoms with E-state index in [1.807, 2.05) is 0 Å². The average molecular weight is 163 g/mol. The molecule has 0 aliphatic heterocycles. The first-order chi connectivity index (χ1) is 4.24. The maximum absolute atomic E-state index is 2.27. The molecule has 0 spiro atoms. The van der Waals surface area contributed by atoms with E-state index < -0.39 is 0 Å². The molecule has 0 heterocycles. The molecule has 0 amide bonds. The number of rotatable bonds is 4. The summed E-state index contributed by atoms with van der Waals surface area (Å²) in [5, 5.41) is 0. The van der Waals surface area contributed by atoms with Gasteiger partial charge in [0.2, 0.25) is 0 Å². The van der Waals surface area contributed by atoms with E-state index in [9.17, 15) is 0 Å². The molecular weight excluding hydrogens is 143 g/mol. The molecule has 0 aromatic carbocycles. The number of hydrogen-bond donors (Lipinski definition) is 0. The van der Waals surface area contributed by atoms with Gasteiger partial charge in [0.25, 0.3) is 0 Å². The van der Waals surface area contributed by atoms with Gasteiger partial charge in [0, 0.05) is 0 Å². The maximum Gasteiger partial charge on any atom is 0.0757 e. The second-order valence-electron chi connectivity index (χ2n) is 2.61. The fourth-order valence-corrected chi connectivity index (χ4v) is 1.34. The highest BCUT2D eigenvalue weighted by atomic mass is 15.3. The van der Waals surface area contributed by atoms with E-state index in [1.165, 1.54) is 30.7 Å². The molecule has 0 aliphatic carbocycles. The van der Waals surface area contributed by atoms with Gasteiger partial charge in [0.05, 0.1) is 26.2 Å². The van der Waals surface area contributed by atoms with Crippen molar-refractivity contribution in [3.05, 3.63) is 0 Å². The standard InChI is InChI=1S/C8H20N.3B/c1-5-9(6-2,7-3)8-4;;;/h5-8H2,1-4H3;;;/q+1;3*-1. The second kappa shape index (κ2) is 11.2. The molecule has 0 aromatic heterocycles. The summed E-state index contributed by atoms with van der Waals surface area (Å²) in [4.78, 5) is 0. The highest BCUT2D eigenvalue weighted by Crippen LogP contribution is 2.03. The van der Waals surface area contributed by atoms with Gasteiger partial charge in [-0.1, -0.05) is 0 Å². The van der Waals surface area contributed by atoms with Crippen LogP contribution in [0.5, 0.6) is 0 Å². The lowest BCUT2D eigenvalue weighted by atomic mass is 10.3. The molecule has 68 valence electrons. The van der Waals surface area contributed by atoms with Crippen molar-refractivity contribution >= 4 is 25.2 Å². The fraction of sp³-hybridized carbons (Fsp3) is 1.00. The normalized spacial score (nSPS) is 9.00. The molecule has 0 bridgehead atoms. The van der Waals surface area contributed by atoms with E-state index in [1.54, 1.807) is 0 Å². The third-order valence-electron chi connectivity index (χ3n) is 2.68. The second-order valence-corrected chi connectivity index (χ2v) is 2.61. The van der Waals surface area contributed by atoms with E-state index in [-0.39, 0.29) is 25.2 Å². The van der Waals surface area contributed by atoms with Crippen LogP contribution in [0.25, 0.3) is 0 Å². The van der Waals surface area contributed by atoms with Crippen molar-refractivity contribution in [2.45, 2.75) is 27.7 Å². The van der Waals surface area contributed by atoms with Crippen LogP contribution in [0.3, 0.4) is 0 Å². The Bertz CT molecular complexity index is 57.2. The van der Waals surface area contributed by atoms with E-state index in [2.05, 4.69) is 27.7 Å². The average Bonchev–Trinajstić information content (AvgIpc) is 1.95. The topological polar surface area (TPSA) is 0 Å². The van der Waals surface area contributed by atoms with Crippen molar-refractivity contribution in [2.24, 2.45) is 0 Å². The predicted octanol–water partition coefficient (Wildman–Crippen LogP) is 0.740. The lowest BCUT2D eigenvalue weighted by Crippen LogP contribution is -2.47.